The molecule has 182 valence electrons. The van der Waals surface area contributed by atoms with Crippen molar-refractivity contribution in [1.82, 2.24) is 5.32 Å². The van der Waals surface area contributed by atoms with E-state index in [0.717, 1.165) is 4.31 Å². The Morgan fingerprint density at radius 3 is 2.24 bits per heavy atom. The Labute approximate surface area is 198 Å². The first-order valence-electron chi connectivity index (χ1n) is 10.1. The van der Waals surface area contributed by atoms with Crippen LogP contribution < -0.4 is 28.6 Å². The van der Waals surface area contributed by atoms with Crippen molar-refractivity contribution in [3.05, 3.63) is 60.6 Å². The SMILES string of the molecule is COc1ccc(OC)c(N(CC(=O)NCc2ccco2)S(=O)(=O)c2ccc(OC)c(OC)c2)c1. The molecule has 0 fully saturated rings. The molecule has 1 N–H and O–H groups in total. The van der Waals surface area contributed by atoms with Crippen LogP contribution in [0.15, 0.2) is 64.1 Å². The number of carbonyl (C=O) groups excluding carboxylic acids is 1. The maximum absolute atomic E-state index is 13.8. The highest BCUT2D eigenvalue weighted by molar-refractivity contribution is 7.92. The van der Waals surface area contributed by atoms with E-state index in [1.165, 1.54) is 59.0 Å². The zero-order valence-corrected chi connectivity index (χ0v) is 20.0. The molecule has 3 aromatic rings. The molecule has 0 saturated carbocycles. The lowest BCUT2D eigenvalue weighted by molar-refractivity contribution is -0.119. The van der Waals surface area contributed by atoms with Crippen LogP contribution in [0.4, 0.5) is 5.69 Å². The lowest BCUT2D eigenvalue weighted by Crippen LogP contribution is -2.40. The maximum atomic E-state index is 13.8. The maximum Gasteiger partial charge on any atom is 0.265 e. The Balaban J connectivity index is 2.04. The Morgan fingerprint density at radius 2 is 1.62 bits per heavy atom. The van der Waals surface area contributed by atoms with E-state index in [1.807, 2.05) is 0 Å². The summed E-state index contributed by atoms with van der Waals surface area (Å²) in [6.45, 7) is -0.424. The third-order valence-electron chi connectivity index (χ3n) is 4.92. The molecule has 1 aromatic heterocycles. The first-order chi connectivity index (χ1) is 16.3. The second-order valence-corrected chi connectivity index (χ2v) is 8.78. The summed E-state index contributed by atoms with van der Waals surface area (Å²) in [6, 6.07) is 12.2. The molecule has 0 aliphatic rings. The summed E-state index contributed by atoms with van der Waals surface area (Å²) in [5.41, 5.74) is 0.129. The largest absolute Gasteiger partial charge is 0.497 e. The fourth-order valence-electron chi connectivity index (χ4n) is 3.18. The lowest BCUT2D eigenvalue weighted by atomic mass is 10.2. The van der Waals surface area contributed by atoms with Gasteiger partial charge in [0.1, 0.15) is 23.8 Å². The zero-order chi connectivity index (χ0) is 24.7. The van der Waals surface area contributed by atoms with Gasteiger partial charge in [0.05, 0.1) is 51.8 Å². The summed E-state index contributed by atoms with van der Waals surface area (Å²) in [4.78, 5) is 12.7. The standard InChI is InChI=1S/C23H26N2O8S/c1-29-16-7-9-20(30-2)19(12-16)25(15-23(26)24-14-17-6-5-11-33-17)34(27,28)18-8-10-21(31-3)22(13-18)32-4/h5-13H,14-15H2,1-4H3,(H,24,26). The van der Waals surface area contributed by atoms with Gasteiger partial charge in [0, 0.05) is 12.1 Å². The highest BCUT2D eigenvalue weighted by atomic mass is 32.2. The van der Waals surface area contributed by atoms with Gasteiger partial charge in [-0.15, -0.1) is 0 Å². The third kappa shape index (κ3) is 5.37. The molecule has 34 heavy (non-hydrogen) atoms. The Morgan fingerprint density at radius 1 is 0.912 bits per heavy atom. The van der Waals surface area contributed by atoms with Crippen molar-refractivity contribution in [3.63, 3.8) is 0 Å². The fourth-order valence-corrected chi connectivity index (χ4v) is 4.62. The van der Waals surface area contributed by atoms with Crippen LogP contribution in [0.3, 0.4) is 0 Å². The molecule has 11 heteroatoms. The van der Waals surface area contributed by atoms with Gasteiger partial charge in [-0.05, 0) is 36.4 Å². The number of nitrogens with zero attached hydrogens (tertiary/aromatic N) is 1. The van der Waals surface area contributed by atoms with Gasteiger partial charge < -0.3 is 28.7 Å². The number of furan rings is 1. The summed E-state index contributed by atoms with van der Waals surface area (Å²) >= 11 is 0. The molecular formula is C23H26N2O8S. The Hall–Kier alpha value is -3.86. The fraction of sp³-hybridized carbons (Fsp3) is 0.261. The number of methoxy groups -OCH3 is 4. The molecule has 0 unspecified atom stereocenters. The summed E-state index contributed by atoms with van der Waals surface area (Å²) in [6.07, 6.45) is 1.48. The predicted octanol–water partition coefficient (Wildman–Crippen LogP) is 2.83. The summed E-state index contributed by atoms with van der Waals surface area (Å²) < 4.78 is 54.8. The van der Waals surface area contributed by atoms with E-state index in [-0.39, 0.29) is 28.6 Å². The number of carbonyl (C=O) groups is 1. The minimum Gasteiger partial charge on any atom is -0.497 e. The Kier molecular flexibility index (Phi) is 7.90. The number of hydrogen-bond donors (Lipinski definition) is 1. The number of anilines is 1. The highest BCUT2D eigenvalue weighted by Crippen LogP contribution is 2.37. The van der Waals surface area contributed by atoms with Gasteiger partial charge in [0.2, 0.25) is 5.91 Å². The van der Waals surface area contributed by atoms with Crippen molar-refractivity contribution in [2.45, 2.75) is 11.4 Å². The molecule has 0 aliphatic heterocycles. The van der Waals surface area contributed by atoms with Crippen LogP contribution in [0, 0.1) is 0 Å². The smallest absolute Gasteiger partial charge is 0.265 e. The minimum atomic E-state index is -4.26. The number of amides is 1. The van der Waals surface area contributed by atoms with Crippen LogP contribution in [-0.2, 0) is 21.4 Å². The number of sulfonamides is 1. The number of rotatable bonds is 11. The van der Waals surface area contributed by atoms with Gasteiger partial charge >= 0.3 is 0 Å². The van der Waals surface area contributed by atoms with E-state index in [2.05, 4.69) is 5.32 Å². The summed E-state index contributed by atoms with van der Waals surface area (Å²) in [5.74, 6) is 1.20. The van der Waals surface area contributed by atoms with Crippen molar-refractivity contribution < 1.29 is 36.6 Å². The van der Waals surface area contributed by atoms with Crippen LogP contribution in [0.25, 0.3) is 0 Å². The van der Waals surface area contributed by atoms with Crippen LogP contribution in [0.5, 0.6) is 23.0 Å². The van der Waals surface area contributed by atoms with Crippen molar-refractivity contribution in [3.8, 4) is 23.0 Å². The molecule has 1 heterocycles. The van der Waals surface area contributed by atoms with Gasteiger partial charge in [-0.1, -0.05) is 0 Å². The van der Waals surface area contributed by atoms with Crippen LogP contribution in [0.1, 0.15) is 5.76 Å². The number of ether oxygens (including phenoxy) is 4. The molecule has 0 aliphatic carbocycles. The van der Waals surface area contributed by atoms with Crippen molar-refractivity contribution >= 4 is 21.6 Å². The average Bonchev–Trinajstić information content (AvgIpc) is 3.38. The summed E-state index contributed by atoms with van der Waals surface area (Å²) in [5, 5.41) is 2.66. The molecule has 3 rings (SSSR count). The van der Waals surface area contributed by atoms with Crippen LogP contribution >= 0.6 is 0 Å². The molecule has 0 atom stereocenters. The topological polar surface area (TPSA) is 117 Å². The zero-order valence-electron chi connectivity index (χ0n) is 19.2. The van der Waals surface area contributed by atoms with Gasteiger partial charge in [0.25, 0.3) is 10.0 Å². The van der Waals surface area contributed by atoms with Crippen molar-refractivity contribution in [2.75, 3.05) is 39.3 Å². The number of hydrogen-bond acceptors (Lipinski definition) is 8. The number of benzene rings is 2. The number of nitrogens with one attached hydrogen (secondary N) is 1. The lowest BCUT2D eigenvalue weighted by Gasteiger charge is -2.26. The molecular weight excluding hydrogens is 464 g/mol. The molecule has 0 bridgehead atoms. The van der Waals surface area contributed by atoms with E-state index in [4.69, 9.17) is 23.4 Å². The van der Waals surface area contributed by atoms with Crippen LogP contribution in [-0.4, -0.2) is 49.3 Å². The minimum absolute atomic E-state index is 0.103. The quantitative estimate of drug-likeness (QED) is 0.436. The first-order valence-corrected chi connectivity index (χ1v) is 11.5. The molecule has 0 radical (unpaired) electrons. The molecule has 1 amide bonds. The average molecular weight is 491 g/mol. The van der Waals surface area contributed by atoms with E-state index in [1.54, 1.807) is 24.3 Å². The molecule has 2 aromatic carbocycles. The predicted molar refractivity (Wildman–Crippen MR) is 124 cm³/mol. The van der Waals surface area contributed by atoms with Crippen LogP contribution in [0.2, 0.25) is 0 Å². The van der Waals surface area contributed by atoms with Gasteiger partial charge in [-0.3, -0.25) is 9.10 Å². The van der Waals surface area contributed by atoms with E-state index in [0.29, 0.717) is 17.3 Å². The molecule has 10 nitrogen and oxygen atoms in total. The molecule has 0 saturated heterocycles. The third-order valence-corrected chi connectivity index (χ3v) is 6.68. The van der Waals surface area contributed by atoms with E-state index < -0.39 is 22.5 Å². The normalized spacial score (nSPS) is 10.9. The second-order valence-electron chi connectivity index (χ2n) is 6.92. The van der Waals surface area contributed by atoms with Gasteiger partial charge in [-0.25, -0.2) is 8.42 Å². The molecule has 0 spiro atoms. The second kappa shape index (κ2) is 10.8. The van der Waals surface area contributed by atoms with Gasteiger partial charge in [-0.2, -0.15) is 0 Å². The van der Waals surface area contributed by atoms with E-state index in [9.17, 15) is 13.2 Å². The van der Waals surface area contributed by atoms with Gasteiger partial charge in [0.15, 0.2) is 11.5 Å². The monoisotopic (exact) mass is 490 g/mol. The first kappa shape index (κ1) is 24.8. The van der Waals surface area contributed by atoms with E-state index >= 15 is 0 Å². The Bertz CT molecular complexity index is 1230. The highest BCUT2D eigenvalue weighted by Gasteiger charge is 2.31. The van der Waals surface area contributed by atoms with Crippen molar-refractivity contribution in [2.24, 2.45) is 0 Å². The van der Waals surface area contributed by atoms with Crippen molar-refractivity contribution in [1.29, 1.82) is 0 Å². The summed E-state index contributed by atoms with van der Waals surface area (Å²) in [7, 11) is 1.45.